The number of hydrogen-bond acceptors (Lipinski definition) is 5. The molecule has 26 heavy (non-hydrogen) atoms. The number of rotatable bonds is 6. The third-order valence-electron chi connectivity index (χ3n) is 3.66. The van der Waals surface area contributed by atoms with Crippen molar-refractivity contribution in [2.24, 2.45) is 0 Å². The monoisotopic (exact) mass is 391 g/mol. The van der Waals surface area contributed by atoms with Crippen LogP contribution in [-0.2, 0) is 21.3 Å². The second-order valence-electron chi connectivity index (χ2n) is 5.69. The van der Waals surface area contributed by atoms with Gasteiger partial charge in [-0.3, -0.25) is 9.40 Å². The highest BCUT2D eigenvalue weighted by Gasteiger charge is 2.34. The van der Waals surface area contributed by atoms with Gasteiger partial charge in [0.05, 0.1) is 24.5 Å². The molecule has 2 aromatic rings. The Bertz CT molecular complexity index is 861. The van der Waals surface area contributed by atoms with Crippen LogP contribution >= 0.6 is 0 Å². The van der Waals surface area contributed by atoms with Crippen LogP contribution in [0.5, 0.6) is 5.75 Å². The molecular formula is C15H16F3N3O4S. The Morgan fingerprint density at radius 3 is 2.81 bits per heavy atom. The Labute approximate surface area is 147 Å². The van der Waals surface area contributed by atoms with Gasteiger partial charge in [0.1, 0.15) is 10.6 Å². The van der Waals surface area contributed by atoms with Crippen LogP contribution in [0.3, 0.4) is 0 Å². The number of anilines is 1. The van der Waals surface area contributed by atoms with Crippen LogP contribution in [0.4, 0.5) is 18.9 Å². The number of hydrogen-bond donors (Lipinski definition) is 1. The number of para-hydroxylation sites is 1. The highest BCUT2D eigenvalue weighted by atomic mass is 32.2. The fourth-order valence-corrected chi connectivity index (χ4v) is 3.76. The van der Waals surface area contributed by atoms with E-state index in [4.69, 9.17) is 4.74 Å². The van der Waals surface area contributed by atoms with Crippen molar-refractivity contribution in [3.8, 4) is 5.75 Å². The summed E-state index contributed by atoms with van der Waals surface area (Å²) in [4.78, 5) is -0.621. The average molecular weight is 391 g/mol. The van der Waals surface area contributed by atoms with Crippen molar-refractivity contribution in [3.63, 3.8) is 0 Å². The lowest BCUT2D eigenvalue weighted by Crippen LogP contribution is -2.20. The van der Waals surface area contributed by atoms with Crippen LogP contribution in [-0.4, -0.2) is 37.3 Å². The predicted molar refractivity (Wildman–Crippen MR) is 85.1 cm³/mol. The summed E-state index contributed by atoms with van der Waals surface area (Å²) in [7, 11) is -4.29. The van der Waals surface area contributed by atoms with E-state index in [9.17, 15) is 21.6 Å². The molecule has 1 aromatic carbocycles. The molecule has 1 aromatic heterocycles. The van der Waals surface area contributed by atoms with Gasteiger partial charge in [0.2, 0.25) is 0 Å². The number of ether oxygens (including phenoxy) is 2. The second-order valence-corrected chi connectivity index (χ2v) is 7.34. The van der Waals surface area contributed by atoms with Crippen molar-refractivity contribution >= 4 is 15.7 Å². The molecule has 1 unspecified atom stereocenters. The SMILES string of the molecule is O=S(=O)(Nc1cnn(CC2CCCO2)c1)c1ccccc1OC(F)(F)F. The molecule has 1 N–H and O–H groups in total. The topological polar surface area (TPSA) is 82.5 Å². The van der Waals surface area contributed by atoms with Crippen molar-refractivity contribution in [1.82, 2.24) is 9.78 Å². The molecule has 1 atom stereocenters. The van der Waals surface area contributed by atoms with Crippen LogP contribution in [0.25, 0.3) is 0 Å². The van der Waals surface area contributed by atoms with E-state index in [0.717, 1.165) is 25.0 Å². The molecule has 1 aliphatic heterocycles. The first-order valence-corrected chi connectivity index (χ1v) is 9.23. The summed E-state index contributed by atoms with van der Waals surface area (Å²) in [6.07, 6.45) is -0.408. The van der Waals surface area contributed by atoms with Gasteiger partial charge < -0.3 is 9.47 Å². The number of alkyl halides is 3. The molecule has 142 valence electrons. The zero-order chi connectivity index (χ0) is 18.8. The van der Waals surface area contributed by atoms with E-state index in [1.54, 1.807) is 0 Å². The molecule has 2 heterocycles. The van der Waals surface area contributed by atoms with Gasteiger partial charge in [-0.2, -0.15) is 5.10 Å². The van der Waals surface area contributed by atoms with Crippen LogP contribution in [0, 0.1) is 0 Å². The van der Waals surface area contributed by atoms with Gasteiger partial charge in [0.15, 0.2) is 0 Å². The molecule has 1 fully saturated rings. The molecule has 0 radical (unpaired) electrons. The molecule has 0 aliphatic carbocycles. The average Bonchev–Trinajstić information content (AvgIpc) is 3.18. The van der Waals surface area contributed by atoms with Crippen LogP contribution in [0.2, 0.25) is 0 Å². The quantitative estimate of drug-likeness (QED) is 0.819. The van der Waals surface area contributed by atoms with Crippen molar-refractivity contribution in [3.05, 3.63) is 36.7 Å². The standard InChI is InChI=1S/C15H16F3N3O4S/c16-15(17,18)25-13-5-1-2-6-14(13)26(22,23)20-11-8-19-21(9-11)10-12-4-3-7-24-12/h1-2,5-6,8-9,12,20H,3-4,7,10H2. The highest BCUT2D eigenvalue weighted by Crippen LogP contribution is 2.30. The predicted octanol–water partition coefficient (Wildman–Crippen LogP) is 2.76. The van der Waals surface area contributed by atoms with E-state index in [-0.39, 0.29) is 11.8 Å². The summed E-state index contributed by atoms with van der Waals surface area (Å²) >= 11 is 0. The van der Waals surface area contributed by atoms with Gasteiger partial charge in [0, 0.05) is 12.8 Å². The Hall–Kier alpha value is -2.27. The number of halogens is 3. The van der Waals surface area contributed by atoms with E-state index in [1.165, 1.54) is 29.2 Å². The lowest BCUT2D eigenvalue weighted by atomic mass is 10.2. The molecule has 11 heteroatoms. The lowest BCUT2D eigenvalue weighted by Gasteiger charge is -2.13. The van der Waals surface area contributed by atoms with Gasteiger partial charge >= 0.3 is 6.36 Å². The Kier molecular flexibility index (Phi) is 5.10. The molecule has 0 amide bonds. The number of benzene rings is 1. The normalized spacial score (nSPS) is 18.0. The molecule has 1 saturated heterocycles. The molecule has 0 spiro atoms. The van der Waals surface area contributed by atoms with E-state index >= 15 is 0 Å². The van der Waals surface area contributed by atoms with Crippen molar-refractivity contribution in [2.45, 2.75) is 36.7 Å². The summed E-state index contributed by atoms with van der Waals surface area (Å²) in [5, 5.41) is 4.04. The highest BCUT2D eigenvalue weighted by molar-refractivity contribution is 7.92. The maximum absolute atomic E-state index is 12.5. The van der Waals surface area contributed by atoms with Gasteiger partial charge in [-0.25, -0.2) is 8.42 Å². The fourth-order valence-electron chi connectivity index (χ4n) is 2.60. The third kappa shape index (κ3) is 4.67. The third-order valence-corrected chi connectivity index (χ3v) is 5.09. The summed E-state index contributed by atoms with van der Waals surface area (Å²) < 4.78 is 75.3. The largest absolute Gasteiger partial charge is 0.573 e. The smallest absolute Gasteiger partial charge is 0.404 e. The Morgan fingerprint density at radius 2 is 2.12 bits per heavy atom. The number of aromatic nitrogens is 2. The first-order chi connectivity index (χ1) is 12.2. The van der Waals surface area contributed by atoms with Crippen molar-refractivity contribution in [1.29, 1.82) is 0 Å². The summed E-state index contributed by atoms with van der Waals surface area (Å²) in [5.41, 5.74) is 0.129. The fraction of sp³-hybridized carbons (Fsp3) is 0.400. The summed E-state index contributed by atoms with van der Waals surface area (Å²) in [5.74, 6) is -0.806. The molecule has 0 bridgehead atoms. The Balaban J connectivity index is 1.76. The maximum atomic E-state index is 12.5. The van der Waals surface area contributed by atoms with Gasteiger partial charge in [-0.05, 0) is 25.0 Å². The minimum absolute atomic E-state index is 0.0141. The maximum Gasteiger partial charge on any atom is 0.573 e. The molecule has 1 aliphatic rings. The van der Waals surface area contributed by atoms with Crippen LogP contribution < -0.4 is 9.46 Å². The first-order valence-electron chi connectivity index (χ1n) is 7.74. The minimum Gasteiger partial charge on any atom is -0.404 e. The zero-order valence-corrected chi connectivity index (χ0v) is 14.3. The molecule has 7 nitrogen and oxygen atoms in total. The zero-order valence-electron chi connectivity index (χ0n) is 13.4. The number of nitrogens with one attached hydrogen (secondary N) is 1. The minimum atomic E-state index is -5.00. The number of nitrogens with zero attached hydrogens (tertiary/aromatic N) is 2. The summed E-state index contributed by atoms with van der Waals surface area (Å²) in [6, 6.07) is 4.52. The van der Waals surface area contributed by atoms with E-state index < -0.39 is 27.0 Å². The van der Waals surface area contributed by atoms with Gasteiger partial charge in [-0.1, -0.05) is 12.1 Å². The summed E-state index contributed by atoms with van der Waals surface area (Å²) in [6.45, 7) is 1.15. The van der Waals surface area contributed by atoms with E-state index in [2.05, 4.69) is 14.6 Å². The molecule has 0 saturated carbocycles. The van der Waals surface area contributed by atoms with Crippen LogP contribution in [0.15, 0.2) is 41.6 Å². The van der Waals surface area contributed by atoms with Gasteiger partial charge in [-0.15, -0.1) is 13.2 Å². The van der Waals surface area contributed by atoms with E-state index in [0.29, 0.717) is 13.2 Å². The second kappa shape index (κ2) is 7.16. The van der Waals surface area contributed by atoms with Crippen molar-refractivity contribution < 1.29 is 31.1 Å². The Morgan fingerprint density at radius 1 is 1.35 bits per heavy atom. The number of sulfonamides is 1. The molecular weight excluding hydrogens is 375 g/mol. The van der Waals surface area contributed by atoms with Gasteiger partial charge in [0.25, 0.3) is 10.0 Å². The van der Waals surface area contributed by atoms with Crippen molar-refractivity contribution in [2.75, 3.05) is 11.3 Å². The van der Waals surface area contributed by atoms with Crippen LogP contribution in [0.1, 0.15) is 12.8 Å². The first kappa shape index (κ1) is 18.5. The molecule has 3 rings (SSSR count). The van der Waals surface area contributed by atoms with E-state index in [1.807, 2.05) is 0 Å². The lowest BCUT2D eigenvalue weighted by molar-refractivity contribution is -0.275.